The van der Waals surface area contributed by atoms with E-state index in [9.17, 15) is 9.59 Å². The monoisotopic (exact) mass is 272 g/mol. The number of ether oxygens (including phenoxy) is 1. The van der Waals surface area contributed by atoms with Gasteiger partial charge < -0.3 is 20.1 Å². The number of hydrogen-bond acceptors (Lipinski definition) is 4. The molecule has 0 saturated heterocycles. The van der Waals surface area contributed by atoms with Gasteiger partial charge in [0.15, 0.2) is 0 Å². The van der Waals surface area contributed by atoms with Crippen molar-refractivity contribution in [3.05, 3.63) is 0 Å². The molecule has 0 heterocycles. The van der Waals surface area contributed by atoms with Gasteiger partial charge in [0.1, 0.15) is 0 Å². The Morgan fingerprint density at radius 2 is 2.00 bits per heavy atom. The molecule has 1 amide bonds. The van der Waals surface area contributed by atoms with Crippen molar-refractivity contribution in [3.63, 3.8) is 0 Å². The van der Waals surface area contributed by atoms with Gasteiger partial charge in [-0.2, -0.15) is 0 Å². The molecule has 0 radical (unpaired) electrons. The van der Waals surface area contributed by atoms with Crippen molar-refractivity contribution < 1.29 is 19.4 Å². The third-order valence-corrected chi connectivity index (χ3v) is 3.64. The highest BCUT2D eigenvalue weighted by molar-refractivity contribution is 5.85. The van der Waals surface area contributed by atoms with Crippen LogP contribution in [0.25, 0.3) is 0 Å². The molecule has 0 spiro atoms. The summed E-state index contributed by atoms with van der Waals surface area (Å²) < 4.78 is 4.97. The van der Waals surface area contributed by atoms with E-state index in [1.165, 1.54) is 0 Å². The number of nitrogens with zero attached hydrogens (tertiary/aromatic N) is 1. The molecule has 0 aliphatic heterocycles. The molecule has 1 saturated carbocycles. The molecule has 0 bridgehead atoms. The van der Waals surface area contributed by atoms with Gasteiger partial charge in [0, 0.05) is 26.7 Å². The summed E-state index contributed by atoms with van der Waals surface area (Å²) in [5.41, 5.74) is 0. The van der Waals surface area contributed by atoms with Crippen LogP contribution in [0.5, 0.6) is 0 Å². The Balaban J connectivity index is 2.25. The maximum absolute atomic E-state index is 11.9. The summed E-state index contributed by atoms with van der Waals surface area (Å²) in [6.45, 7) is 2.75. The second kappa shape index (κ2) is 8.12. The largest absolute Gasteiger partial charge is 0.481 e. The highest BCUT2D eigenvalue weighted by Crippen LogP contribution is 2.31. The first kappa shape index (κ1) is 15.9. The summed E-state index contributed by atoms with van der Waals surface area (Å²) in [6.07, 6.45) is 2.12. The van der Waals surface area contributed by atoms with E-state index in [2.05, 4.69) is 10.2 Å². The van der Waals surface area contributed by atoms with Crippen LogP contribution in [-0.2, 0) is 14.3 Å². The van der Waals surface area contributed by atoms with Gasteiger partial charge in [0.25, 0.3) is 0 Å². The number of rotatable bonds is 8. The Labute approximate surface area is 114 Å². The number of aliphatic carboxylic acids is 1. The number of carbonyl (C=O) groups excluding carboxylic acids is 1. The van der Waals surface area contributed by atoms with E-state index in [1.54, 1.807) is 7.11 Å². The molecular weight excluding hydrogens is 248 g/mol. The number of amides is 1. The van der Waals surface area contributed by atoms with E-state index in [4.69, 9.17) is 9.84 Å². The lowest BCUT2D eigenvalue weighted by molar-refractivity contribution is -0.146. The number of carboxylic acids is 1. The summed E-state index contributed by atoms with van der Waals surface area (Å²) in [5, 5.41) is 11.9. The van der Waals surface area contributed by atoms with Gasteiger partial charge in [-0.25, -0.2) is 0 Å². The summed E-state index contributed by atoms with van der Waals surface area (Å²) in [4.78, 5) is 25.0. The lowest BCUT2D eigenvalue weighted by Gasteiger charge is -2.19. The van der Waals surface area contributed by atoms with Crippen molar-refractivity contribution in [2.24, 2.45) is 11.8 Å². The number of nitrogens with one attached hydrogen (secondary N) is 1. The van der Waals surface area contributed by atoms with Crippen LogP contribution in [0.1, 0.15) is 19.3 Å². The Hall–Kier alpha value is -1.14. The highest BCUT2D eigenvalue weighted by atomic mass is 16.5. The molecule has 1 fully saturated rings. The van der Waals surface area contributed by atoms with E-state index < -0.39 is 11.9 Å². The SMILES string of the molecule is COCCN(C)CCNC(=O)C1CCCC1C(=O)O. The van der Waals surface area contributed by atoms with Crippen LogP contribution >= 0.6 is 0 Å². The van der Waals surface area contributed by atoms with Crippen molar-refractivity contribution in [2.45, 2.75) is 19.3 Å². The Bertz CT molecular complexity index is 309. The van der Waals surface area contributed by atoms with E-state index >= 15 is 0 Å². The maximum atomic E-state index is 11.9. The second-order valence-electron chi connectivity index (χ2n) is 5.07. The quantitative estimate of drug-likeness (QED) is 0.659. The Morgan fingerprint density at radius 1 is 1.32 bits per heavy atom. The molecule has 6 nitrogen and oxygen atoms in total. The van der Waals surface area contributed by atoms with E-state index in [0.29, 0.717) is 26.0 Å². The first-order chi connectivity index (χ1) is 9.06. The van der Waals surface area contributed by atoms with Crippen LogP contribution in [0.3, 0.4) is 0 Å². The van der Waals surface area contributed by atoms with E-state index in [-0.39, 0.29) is 11.8 Å². The third-order valence-electron chi connectivity index (χ3n) is 3.64. The summed E-state index contributed by atoms with van der Waals surface area (Å²) in [7, 11) is 3.61. The predicted octanol–water partition coefficient (Wildman–Crippen LogP) is 0.182. The zero-order valence-corrected chi connectivity index (χ0v) is 11.7. The van der Waals surface area contributed by atoms with E-state index in [1.807, 2.05) is 7.05 Å². The first-order valence-corrected chi connectivity index (χ1v) is 6.74. The number of carboxylic acid groups (broad SMARTS) is 1. The van der Waals surface area contributed by atoms with E-state index in [0.717, 1.165) is 19.5 Å². The molecule has 1 aliphatic carbocycles. The smallest absolute Gasteiger partial charge is 0.307 e. The van der Waals surface area contributed by atoms with Gasteiger partial charge in [0.2, 0.25) is 5.91 Å². The van der Waals surface area contributed by atoms with Crippen molar-refractivity contribution in [1.29, 1.82) is 0 Å². The lowest BCUT2D eigenvalue weighted by Crippen LogP contribution is -2.39. The zero-order chi connectivity index (χ0) is 14.3. The van der Waals surface area contributed by atoms with Gasteiger partial charge in [-0.15, -0.1) is 0 Å². The number of likely N-dealkylation sites (N-methyl/N-ethyl adjacent to an activating group) is 1. The molecule has 0 aromatic carbocycles. The normalized spacial score (nSPS) is 22.7. The third kappa shape index (κ3) is 5.16. The van der Waals surface area contributed by atoms with Gasteiger partial charge in [0.05, 0.1) is 18.4 Å². The van der Waals surface area contributed by atoms with Crippen molar-refractivity contribution in [1.82, 2.24) is 10.2 Å². The van der Waals surface area contributed by atoms with Crippen LogP contribution in [-0.4, -0.2) is 62.3 Å². The van der Waals surface area contributed by atoms with Gasteiger partial charge >= 0.3 is 5.97 Å². The van der Waals surface area contributed by atoms with Crippen LogP contribution in [0, 0.1) is 11.8 Å². The van der Waals surface area contributed by atoms with Gasteiger partial charge in [-0.1, -0.05) is 6.42 Å². The van der Waals surface area contributed by atoms with Gasteiger partial charge in [-0.3, -0.25) is 9.59 Å². The molecule has 110 valence electrons. The molecule has 0 aromatic heterocycles. The van der Waals surface area contributed by atoms with Crippen molar-refractivity contribution >= 4 is 11.9 Å². The molecule has 1 aliphatic rings. The second-order valence-corrected chi connectivity index (χ2v) is 5.07. The topological polar surface area (TPSA) is 78.9 Å². The lowest BCUT2D eigenvalue weighted by atomic mass is 9.95. The molecular formula is C13H24N2O4. The fourth-order valence-corrected chi connectivity index (χ4v) is 2.43. The Morgan fingerprint density at radius 3 is 2.63 bits per heavy atom. The number of carbonyl (C=O) groups is 2. The molecule has 6 heteroatoms. The maximum Gasteiger partial charge on any atom is 0.307 e. The van der Waals surface area contributed by atoms with Crippen molar-refractivity contribution in [3.8, 4) is 0 Å². The minimum absolute atomic E-state index is 0.120. The van der Waals surface area contributed by atoms with Gasteiger partial charge in [-0.05, 0) is 19.9 Å². The minimum atomic E-state index is -0.852. The summed E-state index contributed by atoms with van der Waals surface area (Å²) in [6, 6.07) is 0. The molecule has 2 unspecified atom stereocenters. The van der Waals surface area contributed by atoms with Crippen LogP contribution in [0.15, 0.2) is 0 Å². The Kier molecular flexibility index (Phi) is 6.80. The standard InChI is InChI=1S/C13H24N2O4/c1-15(8-9-19-2)7-6-14-12(16)10-4-3-5-11(10)13(17)18/h10-11H,3-9H2,1-2H3,(H,14,16)(H,17,18). The van der Waals surface area contributed by atoms with Crippen molar-refractivity contribution in [2.75, 3.05) is 40.4 Å². The average molecular weight is 272 g/mol. The molecule has 2 atom stereocenters. The zero-order valence-electron chi connectivity index (χ0n) is 11.7. The number of methoxy groups -OCH3 is 1. The molecule has 1 rings (SSSR count). The molecule has 2 N–H and O–H groups in total. The average Bonchev–Trinajstić information content (AvgIpc) is 2.85. The molecule has 19 heavy (non-hydrogen) atoms. The van der Waals surface area contributed by atoms with Crippen LogP contribution < -0.4 is 5.32 Å². The minimum Gasteiger partial charge on any atom is -0.481 e. The fraction of sp³-hybridized carbons (Fsp3) is 0.846. The first-order valence-electron chi connectivity index (χ1n) is 6.74. The number of hydrogen-bond donors (Lipinski definition) is 2. The molecule has 0 aromatic rings. The highest BCUT2D eigenvalue weighted by Gasteiger charge is 2.37. The fourth-order valence-electron chi connectivity index (χ4n) is 2.43. The van der Waals surface area contributed by atoms with Crippen LogP contribution in [0.2, 0.25) is 0 Å². The predicted molar refractivity (Wildman–Crippen MR) is 70.8 cm³/mol. The van der Waals surface area contributed by atoms with Crippen LogP contribution in [0.4, 0.5) is 0 Å². The summed E-state index contributed by atoms with van der Waals surface area (Å²) >= 11 is 0. The summed E-state index contributed by atoms with van der Waals surface area (Å²) in [5.74, 6) is -1.84.